The van der Waals surface area contributed by atoms with Gasteiger partial charge in [0.15, 0.2) is 0 Å². The van der Waals surface area contributed by atoms with Crippen molar-refractivity contribution in [2.45, 2.75) is 12.8 Å². The molecule has 2 amide bonds. The van der Waals surface area contributed by atoms with E-state index < -0.39 is 0 Å². The zero-order chi connectivity index (χ0) is 17.2. The minimum atomic E-state index is 0. The maximum atomic E-state index is 12.7. The summed E-state index contributed by atoms with van der Waals surface area (Å²) in [4.78, 5) is 31.2. The number of carbonyl (C=O) groups is 2. The number of halogens is 2. The van der Waals surface area contributed by atoms with Crippen LogP contribution >= 0.6 is 24.8 Å². The Bertz CT molecular complexity index is 659. The molecule has 0 saturated carbocycles. The van der Waals surface area contributed by atoms with E-state index in [-0.39, 0.29) is 42.5 Å². The van der Waals surface area contributed by atoms with Crippen molar-refractivity contribution >= 4 is 42.3 Å². The van der Waals surface area contributed by atoms with Crippen LogP contribution in [0.15, 0.2) is 24.3 Å². The van der Waals surface area contributed by atoms with E-state index in [2.05, 4.69) is 16.3 Å². The Balaban J connectivity index is 0.00000131. The highest BCUT2D eigenvalue weighted by Gasteiger charge is 2.31. The van der Waals surface area contributed by atoms with Gasteiger partial charge in [-0.25, -0.2) is 0 Å². The normalized spacial score (nSPS) is 22.0. The molecule has 0 spiro atoms. The minimum Gasteiger partial charge on any atom is -0.340 e. The maximum absolute atomic E-state index is 12.7. The third-order valence-corrected chi connectivity index (χ3v) is 5.64. The molecular weight excluding hydrogens is 387 g/mol. The molecule has 1 atom stereocenters. The summed E-state index contributed by atoms with van der Waals surface area (Å²) in [5.74, 6) is 0.600. The Labute approximate surface area is 173 Å². The van der Waals surface area contributed by atoms with Gasteiger partial charge in [-0.15, -0.1) is 24.8 Å². The Morgan fingerprint density at radius 1 is 1.04 bits per heavy atom. The quantitative estimate of drug-likeness (QED) is 0.806. The van der Waals surface area contributed by atoms with Crippen LogP contribution in [-0.4, -0.2) is 74.0 Å². The molecule has 1 unspecified atom stereocenters. The number of hydrogen-bond donors (Lipinski definition) is 1. The molecule has 1 aromatic carbocycles. The van der Waals surface area contributed by atoms with Crippen LogP contribution < -0.4 is 10.2 Å². The standard InChI is InChI=1S/C19H26N4O2.2ClH/c24-18(23-8-6-15-3-1-2-4-17(15)23)14-21-9-11-22(12-10-21)19(25)16-5-7-20-13-16;;/h1-4,16,20H,5-14H2;2*1H. The van der Waals surface area contributed by atoms with Crippen molar-refractivity contribution in [2.24, 2.45) is 5.92 Å². The second-order valence-corrected chi connectivity index (χ2v) is 7.22. The van der Waals surface area contributed by atoms with E-state index in [9.17, 15) is 9.59 Å². The fourth-order valence-corrected chi connectivity index (χ4v) is 4.12. The van der Waals surface area contributed by atoms with Gasteiger partial charge in [-0.2, -0.15) is 0 Å². The van der Waals surface area contributed by atoms with Crippen molar-refractivity contribution in [1.82, 2.24) is 15.1 Å². The largest absolute Gasteiger partial charge is 0.340 e. The zero-order valence-electron chi connectivity index (χ0n) is 15.4. The molecule has 8 heteroatoms. The zero-order valence-corrected chi connectivity index (χ0v) is 17.1. The lowest BCUT2D eigenvalue weighted by Crippen LogP contribution is -2.52. The van der Waals surface area contributed by atoms with Crippen LogP contribution in [-0.2, 0) is 16.0 Å². The Morgan fingerprint density at radius 3 is 2.48 bits per heavy atom. The number of nitrogens with one attached hydrogen (secondary N) is 1. The minimum absolute atomic E-state index is 0. The van der Waals surface area contributed by atoms with Crippen LogP contribution in [0.3, 0.4) is 0 Å². The van der Waals surface area contributed by atoms with E-state index in [1.807, 2.05) is 28.0 Å². The molecule has 1 aromatic rings. The molecule has 27 heavy (non-hydrogen) atoms. The predicted molar refractivity (Wildman–Crippen MR) is 111 cm³/mol. The van der Waals surface area contributed by atoms with Gasteiger partial charge in [-0.1, -0.05) is 18.2 Å². The number of benzene rings is 1. The molecule has 2 saturated heterocycles. The van der Waals surface area contributed by atoms with Gasteiger partial charge in [0.2, 0.25) is 11.8 Å². The monoisotopic (exact) mass is 414 g/mol. The van der Waals surface area contributed by atoms with Gasteiger partial charge >= 0.3 is 0 Å². The van der Waals surface area contributed by atoms with E-state index >= 15 is 0 Å². The number of amides is 2. The summed E-state index contributed by atoms with van der Waals surface area (Å²) >= 11 is 0. The van der Waals surface area contributed by atoms with E-state index in [0.717, 1.165) is 64.3 Å². The number of anilines is 1. The molecule has 150 valence electrons. The Morgan fingerprint density at radius 2 is 1.78 bits per heavy atom. The first-order chi connectivity index (χ1) is 12.2. The highest BCUT2D eigenvalue weighted by molar-refractivity contribution is 5.96. The summed E-state index contributed by atoms with van der Waals surface area (Å²) in [6.07, 6.45) is 1.89. The average Bonchev–Trinajstić information content (AvgIpc) is 3.31. The first kappa shape index (κ1) is 22.0. The molecule has 6 nitrogen and oxygen atoms in total. The maximum Gasteiger partial charge on any atom is 0.241 e. The molecule has 0 bridgehead atoms. The molecule has 3 aliphatic rings. The Hall–Kier alpha value is -1.34. The average molecular weight is 415 g/mol. The van der Waals surface area contributed by atoms with Crippen molar-refractivity contribution in [2.75, 3.05) is 57.3 Å². The van der Waals surface area contributed by atoms with Crippen LogP contribution in [0.5, 0.6) is 0 Å². The first-order valence-corrected chi connectivity index (χ1v) is 9.32. The summed E-state index contributed by atoms with van der Waals surface area (Å²) in [6, 6.07) is 8.16. The van der Waals surface area contributed by atoms with Crippen molar-refractivity contribution in [3.8, 4) is 0 Å². The number of carbonyl (C=O) groups excluding carboxylic acids is 2. The van der Waals surface area contributed by atoms with Gasteiger partial charge in [0.1, 0.15) is 0 Å². The molecular formula is C19H28Cl2N4O2. The van der Waals surface area contributed by atoms with Crippen LogP contribution in [0, 0.1) is 5.92 Å². The number of piperazine rings is 1. The SMILES string of the molecule is Cl.Cl.O=C(C1CCNC1)N1CCN(CC(=O)N2CCc3ccccc32)CC1. The summed E-state index contributed by atoms with van der Waals surface area (Å²) in [7, 11) is 0. The summed E-state index contributed by atoms with van der Waals surface area (Å²) in [6.45, 7) is 6.03. The molecule has 2 fully saturated rings. The summed E-state index contributed by atoms with van der Waals surface area (Å²) < 4.78 is 0. The summed E-state index contributed by atoms with van der Waals surface area (Å²) in [5, 5.41) is 3.26. The van der Waals surface area contributed by atoms with Crippen molar-refractivity contribution in [3.63, 3.8) is 0 Å². The lowest BCUT2D eigenvalue weighted by Gasteiger charge is -2.36. The van der Waals surface area contributed by atoms with Crippen LogP contribution in [0.4, 0.5) is 5.69 Å². The second kappa shape index (κ2) is 9.73. The molecule has 1 N–H and O–H groups in total. The molecule has 0 radical (unpaired) electrons. The molecule has 3 heterocycles. The molecule has 3 aliphatic heterocycles. The van der Waals surface area contributed by atoms with Crippen LogP contribution in [0.25, 0.3) is 0 Å². The lowest BCUT2D eigenvalue weighted by molar-refractivity contribution is -0.136. The van der Waals surface area contributed by atoms with E-state index in [1.54, 1.807) is 0 Å². The fraction of sp³-hybridized carbons (Fsp3) is 0.579. The summed E-state index contributed by atoms with van der Waals surface area (Å²) in [5.41, 5.74) is 2.33. The third kappa shape index (κ3) is 4.74. The fourth-order valence-electron chi connectivity index (χ4n) is 4.12. The molecule has 4 rings (SSSR count). The third-order valence-electron chi connectivity index (χ3n) is 5.64. The van der Waals surface area contributed by atoms with Crippen molar-refractivity contribution < 1.29 is 9.59 Å². The number of nitrogens with zero attached hydrogens (tertiary/aromatic N) is 3. The smallest absolute Gasteiger partial charge is 0.241 e. The first-order valence-electron chi connectivity index (χ1n) is 9.32. The van der Waals surface area contributed by atoms with Crippen LogP contribution in [0.2, 0.25) is 0 Å². The van der Waals surface area contributed by atoms with Gasteiger partial charge in [0.05, 0.1) is 12.5 Å². The number of hydrogen-bond acceptors (Lipinski definition) is 4. The van der Waals surface area contributed by atoms with Gasteiger partial charge in [0, 0.05) is 45.0 Å². The molecule has 0 aromatic heterocycles. The van der Waals surface area contributed by atoms with E-state index in [0.29, 0.717) is 6.54 Å². The van der Waals surface area contributed by atoms with Crippen molar-refractivity contribution in [3.05, 3.63) is 29.8 Å². The van der Waals surface area contributed by atoms with Gasteiger partial charge < -0.3 is 15.1 Å². The van der Waals surface area contributed by atoms with E-state index in [1.165, 1.54) is 5.56 Å². The highest BCUT2D eigenvalue weighted by Crippen LogP contribution is 2.27. The van der Waals surface area contributed by atoms with E-state index in [4.69, 9.17) is 0 Å². The lowest BCUT2D eigenvalue weighted by atomic mass is 10.1. The van der Waals surface area contributed by atoms with Gasteiger partial charge in [0.25, 0.3) is 0 Å². The second-order valence-electron chi connectivity index (χ2n) is 7.22. The van der Waals surface area contributed by atoms with Crippen LogP contribution in [0.1, 0.15) is 12.0 Å². The van der Waals surface area contributed by atoms with Gasteiger partial charge in [-0.3, -0.25) is 14.5 Å². The number of rotatable bonds is 3. The number of fused-ring (bicyclic) bond motifs is 1. The predicted octanol–water partition coefficient (Wildman–Crippen LogP) is 1.17. The highest BCUT2D eigenvalue weighted by atomic mass is 35.5. The number of para-hydroxylation sites is 1. The van der Waals surface area contributed by atoms with Gasteiger partial charge in [-0.05, 0) is 31.0 Å². The van der Waals surface area contributed by atoms with Crippen molar-refractivity contribution in [1.29, 1.82) is 0 Å². The topological polar surface area (TPSA) is 55.9 Å². The Kier molecular flexibility index (Phi) is 7.91. The molecule has 0 aliphatic carbocycles.